The van der Waals surface area contributed by atoms with Crippen molar-refractivity contribution in [1.29, 1.82) is 0 Å². The third kappa shape index (κ3) is 3.88. The Bertz CT molecular complexity index is 513. The first-order valence-electron chi connectivity index (χ1n) is 6.43. The molecule has 0 spiro atoms. The summed E-state index contributed by atoms with van der Waals surface area (Å²) in [7, 11) is 0. The summed E-state index contributed by atoms with van der Waals surface area (Å²) >= 11 is 7.96. The predicted octanol–water partition coefficient (Wildman–Crippen LogP) is 5.36. The van der Waals surface area contributed by atoms with Gasteiger partial charge in [-0.3, -0.25) is 0 Å². The van der Waals surface area contributed by atoms with Crippen molar-refractivity contribution in [2.45, 2.75) is 26.3 Å². The number of halogens is 1. The number of hydrogen-bond acceptors (Lipinski definition) is 3. The second-order valence-corrected chi connectivity index (χ2v) is 5.76. The molecule has 0 aliphatic carbocycles. The summed E-state index contributed by atoms with van der Waals surface area (Å²) in [4.78, 5) is 1.31. The third-order valence-corrected chi connectivity index (χ3v) is 4.10. The van der Waals surface area contributed by atoms with E-state index in [9.17, 15) is 0 Å². The number of rotatable bonds is 6. The first-order valence-corrected chi connectivity index (χ1v) is 7.68. The molecule has 2 nitrogen and oxygen atoms in total. The highest BCUT2D eigenvalue weighted by Crippen LogP contribution is 2.30. The molecule has 0 aliphatic heterocycles. The van der Waals surface area contributed by atoms with Crippen molar-refractivity contribution in [1.82, 2.24) is 0 Å². The fourth-order valence-corrected chi connectivity index (χ4v) is 2.75. The van der Waals surface area contributed by atoms with Crippen LogP contribution in [0.25, 0.3) is 0 Å². The molecule has 1 atom stereocenters. The molecule has 1 unspecified atom stereocenters. The Morgan fingerprint density at radius 3 is 2.84 bits per heavy atom. The molecule has 0 saturated heterocycles. The molecule has 1 heterocycles. The minimum atomic E-state index is 0.276. The van der Waals surface area contributed by atoms with E-state index < -0.39 is 0 Å². The lowest BCUT2D eigenvalue weighted by molar-refractivity contribution is 0.317. The van der Waals surface area contributed by atoms with Gasteiger partial charge in [0.25, 0.3) is 0 Å². The van der Waals surface area contributed by atoms with E-state index in [2.05, 4.69) is 36.7 Å². The van der Waals surface area contributed by atoms with Gasteiger partial charge in [-0.1, -0.05) is 24.6 Å². The Balaban J connectivity index is 2.03. The summed E-state index contributed by atoms with van der Waals surface area (Å²) in [6.07, 6.45) is 0.978. The van der Waals surface area contributed by atoms with Gasteiger partial charge in [0, 0.05) is 10.6 Å². The van der Waals surface area contributed by atoms with E-state index in [-0.39, 0.29) is 6.04 Å². The third-order valence-electron chi connectivity index (χ3n) is 2.75. The van der Waals surface area contributed by atoms with Crippen LogP contribution in [0.1, 0.15) is 31.2 Å². The van der Waals surface area contributed by atoms with Crippen LogP contribution in [0.5, 0.6) is 5.75 Å². The SMILES string of the molecule is CCCOc1ccc(NC(C)c2cccs2)cc1Cl. The highest BCUT2D eigenvalue weighted by molar-refractivity contribution is 7.10. The zero-order valence-corrected chi connectivity index (χ0v) is 12.7. The standard InChI is InChI=1S/C15H18ClNOS/c1-3-8-18-14-7-6-12(10-13(14)16)17-11(2)15-5-4-9-19-15/h4-7,9-11,17H,3,8H2,1-2H3. The van der Waals surface area contributed by atoms with E-state index in [1.54, 1.807) is 11.3 Å². The fraction of sp³-hybridized carbons (Fsp3) is 0.333. The summed E-state index contributed by atoms with van der Waals surface area (Å²) in [6.45, 7) is 4.91. The van der Waals surface area contributed by atoms with Gasteiger partial charge in [-0.05, 0) is 43.0 Å². The molecule has 0 aliphatic rings. The van der Waals surface area contributed by atoms with Gasteiger partial charge in [-0.2, -0.15) is 0 Å². The normalized spacial score (nSPS) is 12.2. The van der Waals surface area contributed by atoms with Gasteiger partial charge in [0.15, 0.2) is 0 Å². The van der Waals surface area contributed by atoms with E-state index in [4.69, 9.17) is 16.3 Å². The predicted molar refractivity (Wildman–Crippen MR) is 83.6 cm³/mol. The maximum Gasteiger partial charge on any atom is 0.138 e. The molecule has 2 rings (SSSR count). The Kier molecular flexibility index (Phi) is 5.11. The van der Waals surface area contributed by atoms with E-state index in [0.29, 0.717) is 11.6 Å². The molecule has 0 bridgehead atoms. The average Bonchev–Trinajstić information content (AvgIpc) is 2.92. The van der Waals surface area contributed by atoms with Crippen molar-refractivity contribution < 1.29 is 4.74 Å². The maximum absolute atomic E-state index is 6.21. The van der Waals surface area contributed by atoms with Crippen molar-refractivity contribution in [2.24, 2.45) is 0 Å². The quantitative estimate of drug-likeness (QED) is 0.774. The molecule has 102 valence electrons. The number of benzene rings is 1. The molecule has 1 aromatic carbocycles. The van der Waals surface area contributed by atoms with Crippen LogP contribution in [0.2, 0.25) is 5.02 Å². The van der Waals surface area contributed by atoms with Gasteiger partial charge in [0.2, 0.25) is 0 Å². The molecule has 0 radical (unpaired) electrons. The van der Waals surface area contributed by atoms with Crippen LogP contribution in [-0.2, 0) is 0 Å². The summed E-state index contributed by atoms with van der Waals surface area (Å²) in [6, 6.07) is 10.3. The van der Waals surface area contributed by atoms with Crippen molar-refractivity contribution in [3.8, 4) is 5.75 Å². The summed E-state index contributed by atoms with van der Waals surface area (Å²) in [5.41, 5.74) is 1.01. The number of nitrogens with one attached hydrogen (secondary N) is 1. The smallest absolute Gasteiger partial charge is 0.138 e. The van der Waals surface area contributed by atoms with Crippen LogP contribution in [-0.4, -0.2) is 6.61 Å². The lowest BCUT2D eigenvalue weighted by Crippen LogP contribution is -2.05. The van der Waals surface area contributed by atoms with Crippen LogP contribution >= 0.6 is 22.9 Å². The summed E-state index contributed by atoms with van der Waals surface area (Å²) in [5, 5.41) is 6.17. The van der Waals surface area contributed by atoms with Gasteiger partial charge >= 0.3 is 0 Å². The van der Waals surface area contributed by atoms with Gasteiger partial charge < -0.3 is 10.1 Å². The Morgan fingerprint density at radius 1 is 1.37 bits per heavy atom. The number of ether oxygens (including phenoxy) is 1. The first-order chi connectivity index (χ1) is 9.20. The van der Waals surface area contributed by atoms with Gasteiger partial charge in [-0.25, -0.2) is 0 Å². The Hall–Kier alpha value is -1.19. The molecule has 0 amide bonds. The zero-order valence-electron chi connectivity index (χ0n) is 11.2. The first kappa shape index (κ1) is 14.2. The minimum absolute atomic E-state index is 0.276. The molecular weight excluding hydrogens is 278 g/mol. The summed E-state index contributed by atoms with van der Waals surface area (Å²) < 4.78 is 5.56. The van der Waals surface area contributed by atoms with Gasteiger partial charge in [0.05, 0.1) is 17.7 Å². The molecule has 4 heteroatoms. The molecule has 1 aromatic heterocycles. The minimum Gasteiger partial charge on any atom is -0.492 e. The number of hydrogen-bond donors (Lipinski definition) is 1. The second-order valence-electron chi connectivity index (χ2n) is 4.38. The number of thiophene rings is 1. The molecular formula is C15H18ClNOS. The Labute approximate surface area is 123 Å². The van der Waals surface area contributed by atoms with Crippen molar-refractivity contribution in [3.63, 3.8) is 0 Å². The molecule has 0 fully saturated rings. The molecule has 1 N–H and O–H groups in total. The van der Waals surface area contributed by atoms with E-state index >= 15 is 0 Å². The molecule has 19 heavy (non-hydrogen) atoms. The lowest BCUT2D eigenvalue weighted by Gasteiger charge is -2.15. The Morgan fingerprint density at radius 2 is 2.21 bits per heavy atom. The average molecular weight is 296 g/mol. The van der Waals surface area contributed by atoms with Crippen molar-refractivity contribution in [2.75, 3.05) is 11.9 Å². The molecule has 0 saturated carbocycles. The van der Waals surface area contributed by atoms with Crippen LogP contribution in [0.4, 0.5) is 5.69 Å². The van der Waals surface area contributed by atoms with Crippen molar-refractivity contribution in [3.05, 3.63) is 45.6 Å². The topological polar surface area (TPSA) is 21.3 Å². The zero-order chi connectivity index (χ0) is 13.7. The second kappa shape index (κ2) is 6.83. The number of anilines is 1. The molecule has 2 aromatic rings. The highest BCUT2D eigenvalue weighted by atomic mass is 35.5. The lowest BCUT2D eigenvalue weighted by atomic mass is 10.2. The summed E-state index contributed by atoms with van der Waals surface area (Å²) in [5.74, 6) is 0.748. The van der Waals surface area contributed by atoms with Crippen LogP contribution in [0.15, 0.2) is 35.7 Å². The van der Waals surface area contributed by atoms with Gasteiger partial charge in [0.1, 0.15) is 5.75 Å². The highest BCUT2D eigenvalue weighted by Gasteiger charge is 2.08. The van der Waals surface area contributed by atoms with E-state index in [0.717, 1.165) is 17.9 Å². The van der Waals surface area contributed by atoms with Gasteiger partial charge in [-0.15, -0.1) is 11.3 Å². The maximum atomic E-state index is 6.21. The monoisotopic (exact) mass is 295 g/mol. The van der Waals surface area contributed by atoms with E-state index in [1.165, 1.54) is 4.88 Å². The fourth-order valence-electron chi connectivity index (χ4n) is 1.78. The van der Waals surface area contributed by atoms with Crippen LogP contribution < -0.4 is 10.1 Å². The van der Waals surface area contributed by atoms with Crippen molar-refractivity contribution >= 4 is 28.6 Å². The van der Waals surface area contributed by atoms with Crippen LogP contribution in [0, 0.1) is 0 Å². The van der Waals surface area contributed by atoms with Crippen LogP contribution in [0.3, 0.4) is 0 Å². The largest absolute Gasteiger partial charge is 0.492 e. The van der Waals surface area contributed by atoms with E-state index in [1.807, 2.05) is 18.2 Å².